The molecule has 0 saturated carbocycles. The molecule has 0 aromatic heterocycles. The summed E-state index contributed by atoms with van der Waals surface area (Å²) in [6, 6.07) is 63.8. The van der Waals surface area contributed by atoms with Gasteiger partial charge in [0.15, 0.2) is 0 Å². The van der Waals surface area contributed by atoms with E-state index < -0.39 is 0 Å². The molecule has 0 unspecified atom stereocenters. The Morgan fingerprint density at radius 1 is 0.404 bits per heavy atom. The lowest BCUT2D eigenvalue weighted by Gasteiger charge is -2.44. The zero-order valence-corrected chi connectivity index (χ0v) is 26.2. The van der Waals surface area contributed by atoms with Crippen molar-refractivity contribution in [3.05, 3.63) is 181 Å². The lowest BCUT2D eigenvalue weighted by Crippen LogP contribution is -2.61. The zero-order valence-electron chi connectivity index (χ0n) is 26.2. The summed E-state index contributed by atoms with van der Waals surface area (Å²) in [5, 5.41) is 0. The van der Waals surface area contributed by atoms with Gasteiger partial charge in [-0.05, 0) is 102 Å². The van der Waals surface area contributed by atoms with E-state index in [0.29, 0.717) is 0 Å². The molecule has 0 fully saturated rings. The number of fused-ring (bicyclic) bond motifs is 4. The van der Waals surface area contributed by atoms with Crippen molar-refractivity contribution in [2.75, 3.05) is 14.7 Å². The van der Waals surface area contributed by atoms with Crippen molar-refractivity contribution in [1.29, 1.82) is 0 Å². The molecule has 0 atom stereocenters. The Hall–Kier alpha value is -6.00. The minimum absolute atomic E-state index is 0.0880. The highest BCUT2D eigenvalue weighted by Crippen LogP contribution is 2.45. The van der Waals surface area contributed by atoms with E-state index in [1.165, 1.54) is 44.7 Å². The number of aryl methyl sites for hydroxylation is 1. The van der Waals surface area contributed by atoms with Crippen LogP contribution in [0.15, 0.2) is 176 Å². The number of rotatable bonds is 5. The van der Waals surface area contributed by atoms with Crippen molar-refractivity contribution in [2.45, 2.75) is 6.92 Å². The van der Waals surface area contributed by atoms with Gasteiger partial charge in [-0.15, -0.1) is 0 Å². The van der Waals surface area contributed by atoms with Crippen LogP contribution in [0, 0.1) is 6.92 Å². The smallest absolute Gasteiger partial charge is 0.252 e. The van der Waals surface area contributed by atoms with E-state index in [9.17, 15) is 0 Å². The number of hydrogen-bond donors (Lipinski definition) is 0. The fraction of sp³-hybridized carbons (Fsp3) is 0.0233. The van der Waals surface area contributed by atoms with Crippen LogP contribution in [0.4, 0.5) is 51.2 Å². The van der Waals surface area contributed by atoms with Crippen LogP contribution in [0.25, 0.3) is 0 Å². The molecule has 47 heavy (non-hydrogen) atoms. The lowest BCUT2D eigenvalue weighted by atomic mass is 9.33. The topological polar surface area (TPSA) is 9.72 Å². The molecule has 9 rings (SSSR count). The molecule has 7 aromatic rings. The fourth-order valence-electron chi connectivity index (χ4n) is 7.44. The van der Waals surface area contributed by atoms with Gasteiger partial charge in [-0.2, -0.15) is 0 Å². The number of anilines is 9. The van der Waals surface area contributed by atoms with Crippen LogP contribution in [0.3, 0.4) is 0 Å². The minimum atomic E-state index is 0.0880. The monoisotopic (exact) mass is 601 g/mol. The van der Waals surface area contributed by atoms with Crippen LogP contribution < -0.4 is 31.1 Å². The van der Waals surface area contributed by atoms with Gasteiger partial charge in [-0.1, -0.05) is 103 Å². The van der Waals surface area contributed by atoms with Gasteiger partial charge in [0, 0.05) is 51.2 Å². The Kier molecular flexibility index (Phi) is 6.46. The van der Waals surface area contributed by atoms with Crippen molar-refractivity contribution >= 4 is 74.3 Å². The molecule has 7 aromatic carbocycles. The maximum absolute atomic E-state index is 2.47. The molecule has 222 valence electrons. The summed E-state index contributed by atoms with van der Waals surface area (Å²) in [4.78, 5) is 7.26. The van der Waals surface area contributed by atoms with E-state index in [1.807, 2.05) is 0 Å². The van der Waals surface area contributed by atoms with Gasteiger partial charge in [-0.3, -0.25) is 0 Å². The van der Waals surface area contributed by atoms with Crippen molar-refractivity contribution < 1.29 is 0 Å². The van der Waals surface area contributed by atoms with Gasteiger partial charge in [0.2, 0.25) is 0 Å². The Morgan fingerprint density at radius 2 is 0.915 bits per heavy atom. The summed E-state index contributed by atoms with van der Waals surface area (Å²) < 4.78 is 0. The average Bonchev–Trinajstić information content (AvgIpc) is 3.13. The SMILES string of the molecule is Cc1ccc(N2c3cc(N(c4ccccc4)c4ccccc4)ccc3B3c4ccccc4N(c4ccccc4)c4cccc2c43)cc1. The molecule has 2 aliphatic heterocycles. The number of hydrogen-bond acceptors (Lipinski definition) is 3. The van der Waals surface area contributed by atoms with Crippen LogP contribution in [-0.2, 0) is 0 Å². The first kappa shape index (κ1) is 27.3. The van der Waals surface area contributed by atoms with Crippen LogP contribution >= 0.6 is 0 Å². The first-order valence-electron chi connectivity index (χ1n) is 16.2. The molecule has 0 bridgehead atoms. The molecule has 3 nitrogen and oxygen atoms in total. The average molecular weight is 602 g/mol. The molecule has 0 saturated heterocycles. The third-order valence-electron chi connectivity index (χ3n) is 9.48. The molecule has 0 aliphatic carbocycles. The van der Waals surface area contributed by atoms with E-state index >= 15 is 0 Å². The van der Waals surface area contributed by atoms with Gasteiger partial charge in [-0.25, -0.2) is 0 Å². The van der Waals surface area contributed by atoms with Crippen molar-refractivity contribution in [3.8, 4) is 0 Å². The highest BCUT2D eigenvalue weighted by atomic mass is 15.2. The molecular weight excluding hydrogens is 569 g/mol. The highest BCUT2D eigenvalue weighted by molar-refractivity contribution is 7.00. The quantitative estimate of drug-likeness (QED) is 0.182. The van der Waals surface area contributed by atoms with Gasteiger partial charge in [0.25, 0.3) is 6.71 Å². The highest BCUT2D eigenvalue weighted by Gasteiger charge is 2.43. The normalized spacial score (nSPS) is 12.7. The van der Waals surface area contributed by atoms with Crippen LogP contribution in [0.5, 0.6) is 0 Å². The van der Waals surface area contributed by atoms with Crippen molar-refractivity contribution in [1.82, 2.24) is 0 Å². The predicted octanol–water partition coefficient (Wildman–Crippen LogP) is 9.55. The molecule has 0 amide bonds. The summed E-state index contributed by atoms with van der Waals surface area (Å²) in [6.45, 7) is 2.24. The third-order valence-corrected chi connectivity index (χ3v) is 9.48. The maximum atomic E-state index is 2.47. The van der Waals surface area contributed by atoms with Crippen LogP contribution in [0.1, 0.15) is 5.56 Å². The molecule has 2 aliphatic rings. The molecule has 4 heteroatoms. The van der Waals surface area contributed by atoms with E-state index in [2.05, 4.69) is 198 Å². The Balaban J connectivity index is 1.32. The van der Waals surface area contributed by atoms with Crippen LogP contribution in [-0.4, -0.2) is 6.71 Å². The first-order valence-corrected chi connectivity index (χ1v) is 16.2. The van der Waals surface area contributed by atoms with Gasteiger partial charge in [0.1, 0.15) is 0 Å². The van der Waals surface area contributed by atoms with Gasteiger partial charge >= 0.3 is 0 Å². The zero-order chi connectivity index (χ0) is 31.3. The van der Waals surface area contributed by atoms with Crippen molar-refractivity contribution in [2.24, 2.45) is 0 Å². The van der Waals surface area contributed by atoms with Gasteiger partial charge < -0.3 is 14.7 Å². The molecule has 0 spiro atoms. The van der Waals surface area contributed by atoms with Gasteiger partial charge in [0.05, 0.1) is 0 Å². The summed E-state index contributed by atoms with van der Waals surface area (Å²) in [5.41, 5.74) is 15.7. The Morgan fingerprint density at radius 3 is 1.57 bits per heavy atom. The summed E-state index contributed by atoms with van der Waals surface area (Å²) in [7, 11) is 0. The first-order chi connectivity index (χ1) is 23.3. The predicted molar refractivity (Wildman–Crippen MR) is 200 cm³/mol. The summed E-state index contributed by atoms with van der Waals surface area (Å²) >= 11 is 0. The Bertz CT molecular complexity index is 2180. The minimum Gasteiger partial charge on any atom is -0.311 e. The second-order valence-electron chi connectivity index (χ2n) is 12.3. The van der Waals surface area contributed by atoms with Crippen LogP contribution in [0.2, 0.25) is 0 Å². The van der Waals surface area contributed by atoms with E-state index in [1.54, 1.807) is 0 Å². The third kappa shape index (κ3) is 4.45. The second-order valence-corrected chi connectivity index (χ2v) is 12.3. The van der Waals surface area contributed by atoms with E-state index in [-0.39, 0.29) is 6.71 Å². The largest absolute Gasteiger partial charge is 0.311 e. The number of benzene rings is 7. The number of para-hydroxylation sites is 4. The Labute approximate surface area is 276 Å². The number of nitrogens with zero attached hydrogens (tertiary/aromatic N) is 3. The maximum Gasteiger partial charge on any atom is 0.252 e. The molecule has 2 heterocycles. The van der Waals surface area contributed by atoms with E-state index in [0.717, 1.165) is 28.4 Å². The summed E-state index contributed by atoms with van der Waals surface area (Å²) in [6.07, 6.45) is 0. The molecule has 0 radical (unpaired) electrons. The molecular formula is C43H32BN3. The summed E-state index contributed by atoms with van der Waals surface area (Å²) in [5.74, 6) is 0. The van der Waals surface area contributed by atoms with Crippen molar-refractivity contribution in [3.63, 3.8) is 0 Å². The lowest BCUT2D eigenvalue weighted by molar-refractivity contribution is 1.24. The second kappa shape index (κ2) is 11.1. The molecule has 0 N–H and O–H groups in total. The fourth-order valence-corrected chi connectivity index (χ4v) is 7.44. The standard InChI is InChI=1S/C43H32BN3/c1-31-24-26-35(27-25-31)47-41-23-13-22-40-43(41)44(37-20-11-12-21-39(37)46(40)34-18-9-4-10-19-34)38-29-28-36(30-42(38)47)45(32-14-5-2-6-15-32)33-16-7-3-8-17-33/h2-30H,1H3. The van der Waals surface area contributed by atoms with E-state index in [4.69, 9.17) is 0 Å².